The Morgan fingerprint density at radius 1 is 1.44 bits per heavy atom. The molecule has 1 N–H and O–H groups in total. The van der Waals surface area contributed by atoms with Gasteiger partial charge in [-0.1, -0.05) is 0 Å². The minimum atomic E-state index is -0.376. The molecule has 2 rings (SSSR count). The van der Waals surface area contributed by atoms with Crippen LogP contribution in [0.15, 0.2) is 4.99 Å². The second-order valence-corrected chi connectivity index (χ2v) is 5.83. The van der Waals surface area contributed by atoms with Crippen LogP contribution in [0.25, 0.3) is 0 Å². The molecular weight excluding hydrogens is 226 g/mol. The Morgan fingerprint density at radius 2 is 2.12 bits per heavy atom. The Morgan fingerprint density at radius 3 is 2.69 bits per heavy atom. The standard InChI is InChI=1S/C11H15NO3S/c1-6-12-11-9(5-15)8(4-14)7(3-13)2-10(11)16-6/h4-5,7-11,13H,2-3H2,1H3/t7-,8+,9+,10-,11+/m0/s1. The van der Waals surface area contributed by atoms with Gasteiger partial charge in [0, 0.05) is 23.7 Å². The summed E-state index contributed by atoms with van der Waals surface area (Å²) in [5, 5.41) is 10.5. The van der Waals surface area contributed by atoms with Crippen LogP contribution in [0.1, 0.15) is 13.3 Å². The van der Waals surface area contributed by atoms with Crippen molar-refractivity contribution in [2.45, 2.75) is 24.6 Å². The predicted molar refractivity (Wildman–Crippen MR) is 62.6 cm³/mol. The lowest BCUT2D eigenvalue weighted by Gasteiger charge is -2.37. The van der Waals surface area contributed by atoms with E-state index < -0.39 is 0 Å². The zero-order valence-corrected chi connectivity index (χ0v) is 9.89. The van der Waals surface area contributed by atoms with Crippen LogP contribution in [0, 0.1) is 17.8 Å². The Bertz CT molecular complexity index is 331. The summed E-state index contributed by atoms with van der Waals surface area (Å²) in [6.45, 7) is 1.89. The molecule has 5 heteroatoms. The molecule has 0 aromatic carbocycles. The van der Waals surface area contributed by atoms with Crippen LogP contribution in [-0.4, -0.2) is 40.6 Å². The zero-order chi connectivity index (χ0) is 11.7. The van der Waals surface area contributed by atoms with Crippen molar-refractivity contribution in [2.75, 3.05) is 6.61 Å². The van der Waals surface area contributed by atoms with Gasteiger partial charge in [0.2, 0.25) is 0 Å². The maximum atomic E-state index is 11.1. The Balaban J connectivity index is 2.26. The monoisotopic (exact) mass is 241 g/mol. The fourth-order valence-corrected chi connectivity index (χ4v) is 4.05. The maximum Gasteiger partial charge on any atom is 0.125 e. The molecule has 1 heterocycles. The van der Waals surface area contributed by atoms with Crippen LogP contribution in [-0.2, 0) is 9.59 Å². The van der Waals surface area contributed by atoms with Gasteiger partial charge in [0.1, 0.15) is 12.6 Å². The summed E-state index contributed by atoms with van der Waals surface area (Å²) in [7, 11) is 0. The SMILES string of the molecule is CC1=N[C@@H]2[C@H](C=O)[C@H](C=O)[C@H](CO)C[C@@H]2S1. The van der Waals surface area contributed by atoms with Crippen molar-refractivity contribution >= 4 is 29.4 Å². The van der Waals surface area contributed by atoms with E-state index in [4.69, 9.17) is 0 Å². The van der Waals surface area contributed by atoms with Crippen LogP contribution in [0.4, 0.5) is 0 Å². The molecule has 0 spiro atoms. The highest BCUT2D eigenvalue weighted by molar-refractivity contribution is 8.14. The van der Waals surface area contributed by atoms with E-state index in [2.05, 4.69) is 4.99 Å². The molecule has 4 nitrogen and oxygen atoms in total. The fourth-order valence-electron chi connectivity index (χ4n) is 2.70. The van der Waals surface area contributed by atoms with Crippen LogP contribution in [0.2, 0.25) is 0 Å². The third-order valence-corrected chi connectivity index (χ3v) is 4.72. The van der Waals surface area contributed by atoms with Gasteiger partial charge in [-0.3, -0.25) is 4.99 Å². The molecule has 88 valence electrons. The number of hydrogen-bond donors (Lipinski definition) is 1. The topological polar surface area (TPSA) is 66.7 Å². The molecule has 0 bridgehead atoms. The lowest BCUT2D eigenvalue weighted by atomic mass is 9.71. The van der Waals surface area contributed by atoms with Gasteiger partial charge < -0.3 is 14.7 Å². The average molecular weight is 241 g/mol. The number of rotatable bonds is 3. The third-order valence-electron chi connectivity index (χ3n) is 3.50. The van der Waals surface area contributed by atoms with Gasteiger partial charge in [-0.2, -0.15) is 0 Å². The van der Waals surface area contributed by atoms with Gasteiger partial charge in [-0.15, -0.1) is 11.8 Å². The Labute approximate surface area is 98.5 Å². The molecule has 0 unspecified atom stereocenters. The van der Waals surface area contributed by atoms with Gasteiger partial charge in [0.25, 0.3) is 0 Å². The van der Waals surface area contributed by atoms with Crippen LogP contribution < -0.4 is 0 Å². The normalized spacial score (nSPS) is 42.4. The first kappa shape index (κ1) is 11.8. The number of hydrogen-bond acceptors (Lipinski definition) is 5. The van der Waals surface area contributed by atoms with E-state index in [0.717, 1.165) is 24.0 Å². The smallest absolute Gasteiger partial charge is 0.125 e. The van der Waals surface area contributed by atoms with Crippen LogP contribution in [0.3, 0.4) is 0 Å². The number of aliphatic hydroxyl groups excluding tert-OH is 1. The number of thioether (sulfide) groups is 1. The van der Waals surface area contributed by atoms with Gasteiger partial charge in [-0.05, 0) is 19.3 Å². The summed E-state index contributed by atoms with van der Waals surface area (Å²) < 4.78 is 0. The molecule has 2 aliphatic rings. The van der Waals surface area contributed by atoms with E-state index in [1.54, 1.807) is 11.8 Å². The number of aliphatic hydroxyl groups is 1. The molecule has 0 amide bonds. The molecule has 0 aromatic heterocycles. The predicted octanol–water partition coefficient (Wildman–Crippen LogP) is 0.531. The second-order valence-electron chi connectivity index (χ2n) is 4.40. The zero-order valence-electron chi connectivity index (χ0n) is 9.07. The Kier molecular flexibility index (Phi) is 3.44. The highest BCUT2D eigenvalue weighted by Gasteiger charge is 2.47. The summed E-state index contributed by atoms with van der Waals surface area (Å²) in [5.41, 5.74) is 0. The molecule has 0 radical (unpaired) electrons. The van der Waals surface area contributed by atoms with E-state index in [1.165, 1.54) is 0 Å². The molecule has 1 aliphatic carbocycles. The summed E-state index contributed by atoms with van der Waals surface area (Å²) >= 11 is 1.66. The number of aldehydes is 2. The van der Waals surface area contributed by atoms with E-state index in [1.807, 2.05) is 6.92 Å². The van der Waals surface area contributed by atoms with Crippen molar-refractivity contribution < 1.29 is 14.7 Å². The highest BCUT2D eigenvalue weighted by Crippen LogP contribution is 2.44. The van der Waals surface area contributed by atoms with Crippen molar-refractivity contribution in [3.8, 4) is 0 Å². The summed E-state index contributed by atoms with van der Waals surface area (Å²) in [6, 6.07) is -0.0690. The minimum Gasteiger partial charge on any atom is -0.396 e. The molecule has 16 heavy (non-hydrogen) atoms. The molecule has 0 saturated heterocycles. The number of nitrogens with zero attached hydrogens (tertiary/aromatic N) is 1. The molecule has 1 saturated carbocycles. The second kappa shape index (κ2) is 4.67. The van der Waals surface area contributed by atoms with E-state index in [9.17, 15) is 14.7 Å². The first-order valence-corrected chi connectivity index (χ1v) is 6.31. The summed E-state index contributed by atoms with van der Waals surface area (Å²) in [4.78, 5) is 26.6. The molecule has 1 aliphatic heterocycles. The Hall–Kier alpha value is -0.680. The molecule has 0 aromatic rings. The van der Waals surface area contributed by atoms with Crippen molar-refractivity contribution in [1.29, 1.82) is 0 Å². The van der Waals surface area contributed by atoms with Crippen molar-refractivity contribution in [2.24, 2.45) is 22.7 Å². The number of aliphatic imine (C=N–C) groups is 1. The van der Waals surface area contributed by atoms with Crippen molar-refractivity contribution in [3.05, 3.63) is 0 Å². The number of fused-ring (bicyclic) bond motifs is 1. The van der Waals surface area contributed by atoms with Gasteiger partial charge in [0.15, 0.2) is 0 Å². The number of carbonyl (C=O) groups excluding carboxylic acids is 2. The molecule has 1 fully saturated rings. The van der Waals surface area contributed by atoms with Crippen LogP contribution >= 0.6 is 11.8 Å². The third kappa shape index (κ3) is 1.82. The maximum absolute atomic E-state index is 11.1. The van der Waals surface area contributed by atoms with Crippen molar-refractivity contribution in [3.63, 3.8) is 0 Å². The summed E-state index contributed by atoms with van der Waals surface area (Å²) in [5.74, 6) is -0.833. The fraction of sp³-hybridized carbons (Fsp3) is 0.727. The lowest BCUT2D eigenvalue weighted by Crippen LogP contribution is -2.45. The first-order valence-electron chi connectivity index (χ1n) is 5.43. The van der Waals surface area contributed by atoms with E-state index in [0.29, 0.717) is 0 Å². The van der Waals surface area contributed by atoms with Gasteiger partial charge in [0.05, 0.1) is 11.1 Å². The first-order chi connectivity index (χ1) is 7.71. The largest absolute Gasteiger partial charge is 0.396 e. The van der Waals surface area contributed by atoms with E-state index >= 15 is 0 Å². The average Bonchev–Trinajstić information content (AvgIpc) is 2.66. The highest BCUT2D eigenvalue weighted by atomic mass is 32.2. The number of carbonyl (C=O) groups is 2. The van der Waals surface area contributed by atoms with Crippen molar-refractivity contribution in [1.82, 2.24) is 0 Å². The van der Waals surface area contributed by atoms with Gasteiger partial charge >= 0.3 is 0 Å². The molecular formula is C11H15NO3S. The quantitative estimate of drug-likeness (QED) is 0.732. The van der Waals surface area contributed by atoms with E-state index in [-0.39, 0.29) is 35.7 Å². The van der Waals surface area contributed by atoms with Crippen LogP contribution in [0.5, 0.6) is 0 Å². The minimum absolute atomic E-state index is 0.0312. The van der Waals surface area contributed by atoms with Gasteiger partial charge in [-0.25, -0.2) is 0 Å². The lowest BCUT2D eigenvalue weighted by molar-refractivity contribution is -0.124. The molecule has 5 atom stereocenters. The summed E-state index contributed by atoms with van der Waals surface area (Å²) in [6.07, 6.45) is 2.41.